The van der Waals surface area contributed by atoms with Crippen molar-refractivity contribution in [2.75, 3.05) is 0 Å². The van der Waals surface area contributed by atoms with E-state index in [4.69, 9.17) is 5.11 Å². The summed E-state index contributed by atoms with van der Waals surface area (Å²) >= 11 is 4.76. The smallest absolute Gasteiger partial charge is 0.291 e. The molecular formula is C13H11BrN2O3S. The van der Waals surface area contributed by atoms with Gasteiger partial charge in [0.15, 0.2) is 0 Å². The van der Waals surface area contributed by atoms with Crippen molar-refractivity contribution in [3.63, 3.8) is 0 Å². The standard InChI is InChI=1S/C13H11BrN2O3S/c1-8-11(16(18)19)6-15-13(12(8)14)20-10-4-2-9(7-17)3-5-10/h2-6,17H,7H2,1H3. The normalized spacial score (nSPS) is 10.6. The summed E-state index contributed by atoms with van der Waals surface area (Å²) in [6.07, 6.45) is 1.27. The second-order valence-electron chi connectivity index (χ2n) is 4.05. The second kappa shape index (κ2) is 6.34. The molecule has 0 aliphatic rings. The van der Waals surface area contributed by atoms with Crippen LogP contribution in [0.3, 0.4) is 0 Å². The van der Waals surface area contributed by atoms with Crippen LogP contribution in [0.15, 0.2) is 44.9 Å². The van der Waals surface area contributed by atoms with Crippen molar-refractivity contribution >= 4 is 33.4 Å². The van der Waals surface area contributed by atoms with E-state index in [2.05, 4.69) is 20.9 Å². The molecule has 0 atom stereocenters. The summed E-state index contributed by atoms with van der Waals surface area (Å²) in [6, 6.07) is 7.41. The topological polar surface area (TPSA) is 76.3 Å². The van der Waals surface area contributed by atoms with Crippen LogP contribution >= 0.6 is 27.7 Å². The van der Waals surface area contributed by atoms with Gasteiger partial charge in [0.25, 0.3) is 5.69 Å². The highest BCUT2D eigenvalue weighted by Gasteiger charge is 2.17. The summed E-state index contributed by atoms with van der Waals surface area (Å²) in [6.45, 7) is 1.69. The lowest BCUT2D eigenvalue weighted by Crippen LogP contribution is -1.95. The van der Waals surface area contributed by atoms with Crippen LogP contribution in [0.5, 0.6) is 0 Å². The number of aromatic nitrogens is 1. The summed E-state index contributed by atoms with van der Waals surface area (Å²) < 4.78 is 0.628. The first kappa shape index (κ1) is 15.0. The monoisotopic (exact) mass is 354 g/mol. The van der Waals surface area contributed by atoms with Gasteiger partial charge in [0.2, 0.25) is 0 Å². The number of hydrogen-bond acceptors (Lipinski definition) is 5. The van der Waals surface area contributed by atoms with Crippen LogP contribution in [0.2, 0.25) is 0 Å². The maximum Gasteiger partial charge on any atom is 0.291 e. The summed E-state index contributed by atoms with van der Waals surface area (Å²) in [5, 5.41) is 20.5. The van der Waals surface area contributed by atoms with Gasteiger partial charge in [0.05, 0.1) is 16.0 Å². The number of hydrogen-bond donors (Lipinski definition) is 1. The van der Waals surface area contributed by atoms with Crippen molar-refractivity contribution in [3.8, 4) is 0 Å². The molecule has 0 aliphatic heterocycles. The van der Waals surface area contributed by atoms with Gasteiger partial charge in [-0.1, -0.05) is 23.9 Å². The minimum atomic E-state index is -0.447. The van der Waals surface area contributed by atoms with Gasteiger partial charge in [-0.2, -0.15) is 0 Å². The molecule has 0 saturated heterocycles. The van der Waals surface area contributed by atoms with Crippen LogP contribution in [-0.2, 0) is 6.61 Å². The number of benzene rings is 1. The van der Waals surface area contributed by atoms with E-state index in [1.165, 1.54) is 18.0 Å². The number of aliphatic hydroxyl groups is 1. The van der Waals surface area contributed by atoms with E-state index in [9.17, 15) is 10.1 Å². The summed E-state index contributed by atoms with van der Waals surface area (Å²) in [7, 11) is 0. The molecule has 20 heavy (non-hydrogen) atoms. The SMILES string of the molecule is Cc1c([N+](=O)[O-])cnc(Sc2ccc(CO)cc2)c1Br. The van der Waals surface area contributed by atoms with Crippen LogP contribution in [0.4, 0.5) is 5.69 Å². The molecule has 1 heterocycles. The van der Waals surface area contributed by atoms with Crippen molar-refractivity contribution < 1.29 is 10.0 Å². The van der Waals surface area contributed by atoms with Gasteiger partial charge in [-0.05, 0) is 40.5 Å². The Labute approximate surface area is 128 Å². The highest BCUT2D eigenvalue weighted by molar-refractivity contribution is 9.10. The lowest BCUT2D eigenvalue weighted by Gasteiger charge is -2.06. The average molecular weight is 355 g/mol. The van der Waals surface area contributed by atoms with Crippen molar-refractivity contribution in [1.82, 2.24) is 4.98 Å². The number of pyridine rings is 1. The molecule has 1 N–H and O–H groups in total. The van der Waals surface area contributed by atoms with Gasteiger partial charge in [0, 0.05) is 10.5 Å². The number of aliphatic hydroxyl groups excluding tert-OH is 1. The second-order valence-corrected chi connectivity index (χ2v) is 5.90. The minimum absolute atomic E-state index is 0.00291. The molecule has 0 bridgehead atoms. The van der Waals surface area contributed by atoms with Crippen molar-refractivity contribution in [1.29, 1.82) is 0 Å². The molecule has 0 fully saturated rings. The maximum absolute atomic E-state index is 10.8. The van der Waals surface area contributed by atoms with Crippen LogP contribution in [0.1, 0.15) is 11.1 Å². The maximum atomic E-state index is 10.8. The Bertz CT molecular complexity index is 647. The fourth-order valence-electron chi connectivity index (χ4n) is 1.58. The van der Waals surface area contributed by atoms with Crippen molar-refractivity contribution in [3.05, 3.63) is 56.2 Å². The van der Waals surface area contributed by atoms with E-state index in [-0.39, 0.29) is 12.3 Å². The number of rotatable bonds is 4. The number of halogens is 1. The predicted octanol–water partition coefficient (Wildman–Crippen LogP) is 3.70. The van der Waals surface area contributed by atoms with Gasteiger partial charge in [-0.3, -0.25) is 10.1 Å². The molecule has 0 saturated carbocycles. The molecular weight excluding hydrogens is 344 g/mol. The van der Waals surface area contributed by atoms with Gasteiger partial charge in [-0.15, -0.1) is 0 Å². The molecule has 1 aromatic carbocycles. The number of nitro groups is 1. The van der Waals surface area contributed by atoms with Crippen LogP contribution < -0.4 is 0 Å². The van der Waals surface area contributed by atoms with Crippen LogP contribution in [0, 0.1) is 17.0 Å². The van der Waals surface area contributed by atoms with Crippen LogP contribution in [0.25, 0.3) is 0 Å². The van der Waals surface area contributed by atoms with Crippen molar-refractivity contribution in [2.24, 2.45) is 0 Å². The third-order valence-electron chi connectivity index (χ3n) is 2.72. The Morgan fingerprint density at radius 1 is 1.40 bits per heavy atom. The first-order valence-corrected chi connectivity index (χ1v) is 7.31. The van der Waals surface area contributed by atoms with Gasteiger partial charge >= 0.3 is 0 Å². The van der Waals surface area contributed by atoms with E-state index in [1.807, 2.05) is 24.3 Å². The minimum Gasteiger partial charge on any atom is -0.392 e. The van der Waals surface area contributed by atoms with Crippen LogP contribution in [-0.4, -0.2) is 15.0 Å². The summed E-state index contributed by atoms with van der Waals surface area (Å²) in [4.78, 5) is 15.5. The first-order valence-electron chi connectivity index (χ1n) is 5.70. The lowest BCUT2D eigenvalue weighted by molar-refractivity contribution is -0.385. The Morgan fingerprint density at radius 2 is 2.05 bits per heavy atom. The van der Waals surface area contributed by atoms with E-state index in [0.29, 0.717) is 15.1 Å². The quantitative estimate of drug-likeness (QED) is 0.668. The highest BCUT2D eigenvalue weighted by atomic mass is 79.9. The van der Waals surface area contributed by atoms with Gasteiger partial charge in [0.1, 0.15) is 11.2 Å². The molecule has 0 radical (unpaired) electrons. The molecule has 0 spiro atoms. The summed E-state index contributed by atoms with van der Waals surface area (Å²) in [5.74, 6) is 0. The molecule has 0 aliphatic carbocycles. The van der Waals surface area contributed by atoms with E-state index >= 15 is 0 Å². The fraction of sp³-hybridized carbons (Fsp3) is 0.154. The average Bonchev–Trinajstić information content (AvgIpc) is 2.44. The van der Waals surface area contributed by atoms with Gasteiger partial charge in [-0.25, -0.2) is 4.98 Å². The zero-order valence-electron chi connectivity index (χ0n) is 10.5. The fourth-order valence-corrected chi connectivity index (χ4v) is 2.97. The van der Waals surface area contributed by atoms with Gasteiger partial charge < -0.3 is 5.11 Å². The molecule has 2 aromatic rings. The molecule has 5 nitrogen and oxygen atoms in total. The Morgan fingerprint density at radius 3 is 2.60 bits per heavy atom. The number of nitrogens with zero attached hydrogens (tertiary/aromatic N) is 2. The largest absolute Gasteiger partial charge is 0.392 e. The molecule has 104 valence electrons. The molecule has 2 rings (SSSR count). The first-order chi connectivity index (χ1) is 9.52. The zero-order valence-corrected chi connectivity index (χ0v) is 12.9. The Hall–Kier alpha value is -1.44. The zero-order chi connectivity index (χ0) is 14.7. The third kappa shape index (κ3) is 3.17. The van der Waals surface area contributed by atoms with E-state index < -0.39 is 4.92 Å². The molecule has 0 amide bonds. The molecule has 1 aromatic heterocycles. The predicted molar refractivity (Wildman–Crippen MR) is 79.8 cm³/mol. The van der Waals surface area contributed by atoms with E-state index in [0.717, 1.165) is 10.5 Å². The van der Waals surface area contributed by atoms with E-state index in [1.54, 1.807) is 6.92 Å². The molecule has 0 unspecified atom stereocenters. The highest BCUT2D eigenvalue weighted by Crippen LogP contribution is 2.36. The summed E-state index contributed by atoms with van der Waals surface area (Å²) in [5.41, 5.74) is 1.39. The Kier molecular flexibility index (Phi) is 4.74. The lowest BCUT2D eigenvalue weighted by atomic mass is 10.2. The van der Waals surface area contributed by atoms with Crippen molar-refractivity contribution in [2.45, 2.75) is 23.5 Å². The Balaban J connectivity index is 2.29. The molecule has 7 heteroatoms. The third-order valence-corrected chi connectivity index (χ3v) is 4.97.